The molecule has 0 spiro atoms. The molecular formula is C24H31N3O5S. The number of fused-ring (bicyclic) bond motifs is 1. The number of carbonyl (C=O) groups excluding carboxylic acids is 2. The molecule has 33 heavy (non-hydrogen) atoms. The molecule has 2 heterocycles. The zero-order valence-electron chi connectivity index (χ0n) is 20.0. The van der Waals surface area contributed by atoms with Crippen LogP contribution in [0.3, 0.4) is 0 Å². The summed E-state index contributed by atoms with van der Waals surface area (Å²) in [6, 6.07) is 9.24. The Kier molecular flexibility index (Phi) is 6.85. The van der Waals surface area contributed by atoms with Crippen LogP contribution in [0.2, 0.25) is 0 Å². The molecule has 1 aromatic heterocycles. The van der Waals surface area contributed by atoms with E-state index in [4.69, 9.17) is 4.74 Å². The minimum absolute atomic E-state index is 0.0150. The number of ketones is 1. The van der Waals surface area contributed by atoms with E-state index in [-0.39, 0.29) is 21.8 Å². The van der Waals surface area contributed by atoms with Crippen LogP contribution in [0.4, 0.5) is 5.69 Å². The highest BCUT2D eigenvalue weighted by Gasteiger charge is 2.38. The van der Waals surface area contributed by atoms with Gasteiger partial charge in [-0.2, -0.15) is 4.31 Å². The molecule has 1 aromatic carbocycles. The average molecular weight is 474 g/mol. The minimum atomic E-state index is -3.71. The van der Waals surface area contributed by atoms with Crippen molar-refractivity contribution in [2.45, 2.75) is 38.0 Å². The second-order valence-corrected chi connectivity index (χ2v) is 10.5. The Labute approximate surface area is 195 Å². The van der Waals surface area contributed by atoms with Crippen molar-refractivity contribution in [1.82, 2.24) is 8.87 Å². The van der Waals surface area contributed by atoms with Gasteiger partial charge in [-0.25, -0.2) is 13.2 Å². The maximum atomic E-state index is 12.7. The van der Waals surface area contributed by atoms with Gasteiger partial charge in [-0.3, -0.25) is 4.79 Å². The maximum absolute atomic E-state index is 12.7. The third-order valence-electron chi connectivity index (χ3n) is 6.12. The molecule has 0 saturated heterocycles. The molecule has 1 aliphatic rings. The van der Waals surface area contributed by atoms with Gasteiger partial charge in [0.15, 0.2) is 12.4 Å². The average Bonchev–Trinajstić information content (AvgIpc) is 3.25. The number of hydrogen-bond donors (Lipinski definition) is 0. The third kappa shape index (κ3) is 4.47. The monoisotopic (exact) mass is 473 g/mol. The summed E-state index contributed by atoms with van der Waals surface area (Å²) in [7, 11) is -0.238. The first-order chi connectivity index (χ1) is 15.4. The standard InChI is InChI=1S/C24H31N3O5S/c1-7-27(8-2)33(30,31)18-14-21(25(5)15-18)23(29)32-16-17(28)13-22-24(3,4)19-11-9-10-12-20(19)26(22)6/h9-15H,7-8,16H2,1-6H3/b22-13+. The molecule has 0 aliphatic carbocycles. The highest BCUT2D eigenvalue weighted by molar-refractivity contribution is 7.89. The summed E-state index contributed by atoms with van der Waals surface area (Å²) in [4.78, 5) is 27.2. The zero-order valence-corrected chi connectivity index (χ0v) is 20.8. The normalized spacial score (nSPS) is 16.3. The van der Waals surface area contributed by atoms with Gasteiger partial charge >= 0.3 is 5.97 Å². The molecule has 8 nitrogen and oxygen atoms in total. The Morgan fingerprint density at radius 2 is 1.76 bits per heavy atom. The third-order valence-corrected chi connectivity index (χ3v) is 8.13. The number of hydrogen-bond acceptors (Lipinski definition) is 6. The molecule has 0 amide bonds. The Morgan fingerprint density at radius 1 is 1.12 bits per heavy atom. The van der Waals surface area contributed by atoms with Crippen LogP contribution in [-0.2, 0) is 32.0 Å². The summed E-state index contributed by atoms with van der Waals surface area (Å²) in [5.41, 5.74) is 2.67. The molecule has 0 N–H and O–H groups in total. The Balaban J connectivity index is 1.73. The van der Waals surface area contributed by atoms with Crippen molar-refractivity contribution in [3.8, 4) is 0 Å². The predicted octanol–water partition coefficient (Wildman–Crippen LogP) is 3.09. The van der Waals surface area contributed by atoms with E-state index in [0.29, 0.717) is 13.1 Å². The molecule has 0 bridgehead atoms. The molecule has 2 aromatic rings. The van der Waals surface area contributed by atoms with E-state index in [2.05, 4.69) is 0 Å². The van der Waals surface area contributed by atoms with E-state index < -0.39 is 22.6 Å². The quantitative estimate of drug-likeness (QED) is 0.432. The van der Waals surface area contributed by atoms with Crippen molar-refractivity contribution in [3.05, 3.63) is 59.6 Å². The Hall–Kier alpha value is -2.91. The number of anilines is 1. The SMILES string of the molecule is CCN(CC)S(=O)(=O)c1cc(C(=O)OCC(=O)/C=C2/N(C)c3ccccc3C2(C)C)n(C)c1. The van der Waals surface area contributed by atoms with Gasteiger partial charge in [0.25, 0.3) is 0 Å². The lowest BCUT2D eigenvalue weighted by molar-refractivity contribution is -0.117. The zero-order chi connectivity index (χ0) is 24.6. The lowest BCUT2D eigenvalue weighted by Crippen LogP contribution is -2.30. The predicted molar refractivity (Wildman–Crippen MR) is 127 cm³/mol. The first-order valence-corrected chi connectivity index (χ1v) is 12.3. The van der Waals surface area contributed by atoms with Gasteiger partial charge in [-0.1, -0.05) is 45.9 Å². The molecule has 0 atom stereocenters. The number of ether oxygens (including phenoxy) is 1. The van der Waals surface area contributed by atoms with E-state index in [1.165, 1.54) is 27.2 Å². The number of likely N-dealkylation sites (N-methyl/N-ethyl adjacent to an activating group) is 1. The Morgan fingerprint density at radius 3 is 2.36 bits per heavy atom. The molecule has 0 unspecified atom stereocenters. The van der Waals surface area contributed by atoms with Crippen LogP contribution in [-0.4, -0.2) is 55.8 Å². The summed E-state index contributed by atoms with van der Waals surface area (Å²) < 4.78 is 33.4. The molecule has 3 rings (SSSR count). The fourth-order valence-electron chi connectivity index (χ4n) is 4.25. The molecular weight excluding hydrogens is 442 g/mol. The minimum Gasteiger partial charge on any atom is -0.453 e. The van der Waals surface area contributed by atoms with Crippen molar-refractivity contribution in [1.29, 1.82) is 0 Å². The van der Waals surface area contributed by atoms with Crippen molar-refractivity contribution >= 4 is 27.5 Å². The van der Waals surface area contributed by atoms with Crippen LogP contribution in [0, 0.1) is 0 Å². The van der Waals surface area contributed by atoms with Crippen molar-refractivity contribution in [2.24, 2.45) is 7.05 Å². The van der Waals surface area contributed by atoms with Crippen LogP contribution < -0.4 is 4.90 Å². The number of carbonyl (C=O) groups is 2. The number of allylic oxidation sites excluding steroid dienone is 1. The van der Waals surface area contributed by atoms with Crippen LogP contribution in [0.5, 0.6) is 0 Å². The highest BCUT2D eigenvalue weighted by atomic mass is 32.2. The van der Waals surface area contributed by atoms with E-state index in [0.717, 1.165) is 16.9 Å². The van der Waals surface area contributed by atoms with Gasteiger partial charge in [0.1, 0.15) is 10.6 Å². The van der Waals surface area contributed by atoms with Gasteiger partial charge in [0.2, 0.25) is 10.0 Å². The van der Waals surface area contributed by atoms with E-state index >= 15 is 0 Å². The molecule has 178 valence electrons. The fraction of sp³-hybridized carbons (Fsp3) is 0.417. The number of para-hydroxylation sites is 1. The first kappa shape index (κ1) is 24.7. The van der Waals surface area contributed by atoms with Gasteiger partial charge in [-0.05, 0) is 17.7 Å². The van der Waals surface area contributed by atoms with Crippen LogP contribution >= 0.6 is 0 Å². The summed E-state index contributed by atoms with van der Waals surface area (Å²) in [6.45, 7) is 7.80. The maximum Gasteiger partial charge on any atom is 0.355 e. The van der Waals surface area contributed by atoms with E-state index in [1.54, 1.807) is 20.9 Å². The van der Waals surface area contributed by atoms with Crippen molar-refractivity contribution in [3.63, 3.8) is 0 Å². The lowest BCUT2D eigenvalue weighted by atomic mass is 9.83. The summed E-state index contributed by atoms with van der Waals surface area (Å²) >= 11 is 0. The van der Waals surface area contributed by atoms with Gasteiger partial charge < -0.3 is 14.2 Å². The number of rotatable bonds is 8. The van der Waals surface area contributed by atoms with E-state index in [1.807, 2.05) is 50.1 Å². The largest absolute Gasteiger partial charge is 0.453 e. The topological polar surface area (TPSA) is 88.9 Å². The number of aromatic nitrogens is 1. The summed E-state index contributed by atoms with van der Waals surface area (Å²) in [5.74, 6) is -1.11. The van der Waals surface area contributed by atoms with Crippen molar-refractivity contribution < 1.29 is 22.7 Å². The number of sulfonamides is 1. The lowest BCUT2D eigenvalue weighted by Gasteiger charge is -2.23. The Bertz CT molecular complexity index is 1210. The van der Waals surface area contributed by atoms with Gasteiger partial charge in [0.05, 0.1) is 0 Å². The van der Waals surface area contributed by atoms with Crippen LogP contribution in [0.25, 0.3) is 0 Å². The van der Waals surface area contributed by atoms with Crippen LogP contribution in [0.15, 0.2) is 53.2 Å². The van der Waals surface area contributed by atoms with Crippen LogP contribution in [0.1, 0.15) is 43.7 Å². The first-order valence-electron chi connectivity index (χ1n) is 10.9. The number of aryl methyl sites for hydroxylation is 1. The molecule has 0 radical (unpaired) electrons. The molecule has 1 aliphatic heterocycles. The van der Waals surface area contributed by atoms with Gasteiger partial charge in [-0.15, -0.1) is 0 Å². The van der Waals surface area contributed by atoms with Crippen molar-refractivity contribution in [2.75, 3.05) is 31.6 Å². The van der Waals surface area contributed by atoms with Gasteiger partial charge in [0, 0.05) is 56.3 Å². The smallest absolute Gasteiger partial charge is 0.355 e. The number of esters is 1. The molecule has 0 fully saturated rings. The second kappa shape index (κ2) is 9.15. The number of nitrogens with zero attached hydrogens (tertiary/aromatic N) is 3. The molecule has 9 heteroatoms. The second-order valence-electron chi connectivity index (χ2n) is 8.53. The van der Waals surface area contributed by atoms with E-state index in [9.17, 15) is 18.0 Å². The molecule has 0 saturated carbocycles. The summed E-state index contributed by atoms with van der Waals surface area (Å²) in [5, 5.41) is 0. The highest BCUT2D eigenvalue weighted by Crippen LogP contribution is 2.46. The summed E-state index contributed by atoms with van der Waals surface area (Å²) in [6.07, 6.45) is 2.88. The number of benzene rings is 1. The fourth-order valence-corrected chi connectivity index (χ4v) is 5.78.